The van der Waals surface area contributed by atoms with Gasteiger partial charge in [-0.15, -0.1) is 0 Å². The van der Waals surface area contributed by atoms with Crippen LogP contribution < -0.4 is 4.90 Å². The summed E-state index contributed by atoms with van der Waals surface area (Å²) in [6.07, 6.45) is 2.88. The zero-order valence-electron chi connectivity index (χ0n) is 10.7. The summed E-state index contributed by atoms with van der Waals surface area (Å²) >= 11 is 0. The third-order valence-corrected chi connectivity index (χ3v) is 2.79. The molecule has 0 aliphatic heterocycles. The van der Waals surface area contributed by atoms with Gasteiger partial charge in [0.2, 0.25) is 0 Å². The maximum absolute atomic E-state index is 12.5. The van der Waals surface area contributed by atoms with E-state index < -0.39 is 0 Å². The molecule has 1 N–H and O–H groups in total. The molecule has 1 aromatic carbocycles. The molecule has 5 nitrogen and oxygen atoms in total. The zero-order valence-corrected chi connectivity index (χ0v) is 10.7. The number of rotatable bonds is 4. The van der Waals surface area contributed by atoms with E-state index in [0.717, 1.165) is 0 Å². The van der Waals surface area contributed by atoms with Crippen molar-refractivity contribution in [3.63, 3.8) is 0 Å². The van der Waals surface area contributed by atoms with E-state index in [-0.39, 0.29) is 30.2 Å². The minimum Gasteiger partial charge on any atom is -0.505 e. The summed E-state index contributed by atoms with van der Waals surface area (Å²) < 4.78 is 0. The Morgan fingerprint density at radius 3 is 2.70 bits per heavy atom. The second-order valence-electron chi connectivity index (χ2n) is 4.09. The van der Waals surface area contributed by atoms with Crippen molar-refractivity contribution in [2.75, 3.05) is 11.4 Å². The first-order valence-electron chi connectivity index (χ1n) is 6.11. The average molecular weight is 267 g/mol. The molecule has 0 unspecified atom stereocenters. The molecule has 100 valence electrons. The molecule has 1 amide bonds. The molecule has 0 radical (unpaired) electrons. The lowest BCUT2D eigenvalue weighted by molar-refractivity contribution is 0.0985. The average Bonchev–Trinajstić information content (AvgIpc) is 2.49. The molecule has 5 heteroatoms. The highest BCUT2D eigenvalue weighted by molar-refractivity contribution is 6.07. The number of carbonyl (C=O) groups is 1. The highest BCUT2D eigenvalue weighted by atomic mass is 16.3. The van der Waals surface area contributed by atoms with Crippen molar-refractivity contribution in [3.8, 4) is 11.8 Å². The molecule has 1 heterocycles. The number of amides is 1. The molecule has 2 aromatic rings. The molecule has 0 spiro atoms. The first-order chi connectivity index (χ1) is 9.74. The number of carbonyl (C=O) groups excluding carboxylic acids is 1. The fourth-order valence-electron chi connectivity index (χ4n) is 1.83. The number of benzene rings is 1. The molecule has 0 aliphatic rings. The Kier molecular flexibility index (Phi) is 4.30. The van der Waals surface area contributed by atoms with Crippen LogP contribution in [0.5, 0.6) is 5.75 Å². The highest BCUT2D eigenvalue weighted by Gasteiger charge is 2.20. The lowest BCUT2D eigenvalue weighted by Gasteiger charge is -2.22. The fraction of sp³-hybridized carbons (Fsp3) is 0.133. The second-order valence-corrected chi connectivity index (χ2v) is 4.09. The fourth-order valence-corrected chi connectivity index (χ4v) is 1.83. The van der Waals surface area contributed by atoms with Crippen LogP contribution in [0.1, 0.15) is 16.8 Å². The van der Waals surface area contributed by atoms with Gasteiger partial charge in [0.05, 0.1) is 24.3 Å². The van der Waals surface area contributed by atoms with Crippen LogP contribution in [0.3, 0.4) is 0 Å². The molecule has 0 atom stereocenters. The summed E-state index contributed by atoms with van der Waals surface area (Å²) in [5, 5.41) is 18.4. The largest absolute Gasteiger partial charge is 0.505 e. The number of hydrogen-bond acceptors (Lipinski definition) is 4. The Labute approximate surface area is 116 Å². The van der Waals surface area contributed by atoms with E-state index in [1.165, 1.54) is 23.4 Å². The van der Waals surface area contributed by atoms with Gasteiger partial charge in [0.25, 0.3) is 5.91 Å². The molecule has 1 aromatic heterocycles. The summed E-state index contributed by atoms with van der Waals surface area (Å²) in [5.41, 5.74) is 0.853. The predicted octanol–water partition coefficient (Wildman–Crippen LogP) is 2.35. The summed E-state index contributed by atoms with van der Waals surface area (Å²) in [5.74, 6) is -0.526. The maximum atomic E-state index is 12.5. The van der Waals surface area contributed by atoms with Gasteiger partial charge in [-0.05, 0) is 18.2 Å². The van der Waals surface area contributed by atoms with Crippen molar-refractivity contribution < 1.29 is 9.90 Å². The number of hydrogen-bond donors (Lipinski definition) is 1. The lowest BCUT2D eigenvalue weighted by Crippen LogP contribution is -2.31. The minimum atomic E-state index is -0.355. The van der Waals surface area contributed by atoms with E-state index in [1.54, 1.807) is 12.1 Å². The van der Waals surface area contributed by atoms with Crippen molar-refractivity contribution in [2.24, 2.45) is 0 Å². The van der Waals surface area contributed by atoms with E-state index in [4.69, 9.17) is 5.26 Å². The van der Waals surface area contributed by atoms with Crippen LogP contribution in [0.15, 0.2) is 48.8 Å². The number of aromatic nitrogens is 1. The molecule has 0 saturated heterocycles. The smallest absolute Gasteiger partial charge is 0.262 e. The van der Waals surface area contributed by atoms with Crippen LogP contribution in [0.2, 0.25) is 0 Å². The molecule has 0 aliphatic carbocycles. The first-order valence-corrected chi connectivity index (χ1v) is 6.11. The van der Waals surface area contributed by atoms with Gasteiger partial charge >= 0.3 is 0 Å². The van der Waals surface area contributed by atoms with Crippen LogP contribution in [0, 0.1) is 11.3 Å². The van der Waals surface area contributed by atoms with Crippen molar-refractivity contribution in [1.82, 2.24) is 4.98 Å². The van der Waals surface area contributed by atoms with Crippen LogP contribution in [-0.4, -0.2) is 22.5 Å². The zero-order chi connectivity index (χ0) is 14.4. The maximum Gasteiger partial charge on any atom is 0.262 e. The Bertz CT molecular complexity index is 635. The Balaban J connectivity index is 2.35. The molecular formula is C15H13N3O2. The summed E-state index contributed by atoms with van der Waals surface area (Å²) in [6, 6.07) is 12.5. The van der Waals surface area contributed by atoms with Crippen LogP contribution >= 0.6 is 0 Å². The van der Waals surface area contributed by atoms with Crippen molar-refractivity contribution in [3.05, 3.63) is 54.4 Å². The third kappa shape index (κ3) is 2.93. The van der Waals surface area contributed by atoms with Crippen LogP contribution in [-0.2, 0) is 0 Å². The van der Waals surface area contributed by atoms with E-state index in [1.807, 2.05) is 24.3 Å². The Hall–Kier alpha value is -2.87. The molecule has 0 fully saturated rings. The quantitative estimate of drug-likeness (QED) is 0.922. The molecule has 2 rings (SSSR count). The minimum absolute atomic E-state index is 0.168. The van der Waals surface area contributed by atoms with Gasteiger partial charge < -0.3 is 10.0 Å². The van der Waals surface area contributed by atoms with Crippen LogP contribution in [0.25, 0.3) is 0 Å². The summed E-state index contributed by atoms with van der Waals surface area (Å²) in [7, 11) is 0. The molecular weight excluding hydrogens is 254 g/mol. The monoisotopic (exact) mass is 267 g/mol. The lowest BCUT2D eigenvalue weighted by atomic mass is 10.2. The normalized spacial score (nSPS) is 9.75. The molecule has 0 saturated carbocycles. The van der Waals surface area contributed by atoms with Crippen molar-refractivity contribution in [2.45, 2.75) is 6.42 Å². The van der Waals surface area contributed by atoms with E-state index in [2.05, 4.69) is 4.98 Å². The van der Waals surface area contributed by atoms with Gasteiger partial charge in [0.15, 0.2) is 0 Å². The standard InChI is InChI=1S/C15H13N3O2/c16-8-4-10-18(12-5-2-1-3-6-12)15(20)13-7-9-17-11-14(13)19/h1-3,5-7,9,11,19H,4,10H2. The third-order valence-electron chi connectivity index (χ3n) is 2.79. The van der Waals surface area contributed by atoms with Gasteiger partial charge in [-0.1, -0.05) is 18.2 Å². The van der Waals surface area contributed by atoms with E-state index >= 15 is 0 Å². The number of nitriles is 1. The summed E-state index contributed by atoms with van der Waals surface area (Å²) in [4.78, 5) is 17.7. The van der Waals surface area contributed by atoms with Gasteiger partial charge in [-0.3, -0.25) is 9.78 Å². The van der Waals surface area contributed by atoms with E-state index in [0.29, 0.717) is 5.69 Å². The summed E-state index contributed by atoms with van der Waals surface area (Å²) in [6.45, 7) is 0.265. The molecule has 20 heavy (non-hydrogen) atoms. The van der Waals surface area contributed by atoms with Crippen molar-refractivity contribution >= 4 is 11.6 Å². The number of aromatic hydroxyl groups is 1. The molecule has 0 bridgehead atoms. The number of pyridine rings is 1. The number of anilines is 1. The Morgan fingerprint density at radius 1 is 1.30 bits per heavy atom. The van der Waals surface area contributed by atoms with Gasteiger partial charge in [0.1, 0.15) is 5.75 Å². The Morgan fingerprint density at radius 2 is 2.05 bits per heavy atom. The van der Waals surface area contributed by atoms with Gasteiger partial charge in [-0.2, -0.15) is 5.26 Å². The van der Waals surface area contributed by atoms with E-state index in [9.17, 15) is 9.90 Å². The van der Waals surface area contributed by atoms with Crippen LogP contribution in [0.4, 0.5) is 5.69 Å². The SMILES string of the molecule is N#CCCN(C(=O)c1ccncc1O)c1ccccc1. The van der Waals surface area contributed by atoms with Gasteiger partial charge in [0, 0.05) is 18.4 Å². The topological polar surface area (TPSA) is 77.2 Å². The number of nitrogens with zero attached hydrogens (tertiary/aromatic N) is 3. The van der Waals surface area contributed by atoms with Crippen molar-refractivity contribution in [1.29, 1.82) is 5.26 Å². The first kappa shape index (κ1) is 13.6. The highest BCUT2D eigenvalue weighted by Crippen LogP contribution is 2.21. The second kappa shape index (κ2) is 6.34. The van der Waals surface area contributed by atoms with Gasteiger partial charge in [-0.25, -0.2) is 0 Å². The number of para-hydroxylation sites is 1. The predicted molar refractivity (Wildman–Crippen MR) is 74.3 cm³/mol.